The van der Waals surface area contributed by atoms with Crippen LogP contribution in [-0.2, 0) is 9.53 Å². The number of esters is 1. The van der Waals surface area contributed by atoms with Crippen molar-refractivity contribution in [3.8, 4) is 0 Å². The lowest BCUT2D eigenvalue weighted by atomic mass is 10.2. The topological polar surface area (TPSA) is 29.5 Å². The van der Waals surface area contributed by atoms with E-state index < -0.39 is 0 Å². The van der Waals surface area contributed by atoms with Crippen molar-refractivity contribution in [2.24, 2.45) is 0 Å². The minimum atomic E-state index is -0.0599. The van der Waals surface area contributed by atoms with Gasteiger partial charge in [-0.2, -0.15) is 0 Å². The second-order valence-electron chi connectivity index (χ2n) is 3.48. The molecule has 0 rings (SSSR count). The lowest BCUT2D eigenvalue weighted by Crippen LogP contribution is -2.20. The number of unbranched alkanes of at least 4 members (excludes halogenated alkanes) is 2. The molecule has 0 radical (unpaired) electrons. The third kappa shape index (κ3) is 9.34. The van der Waals surface area contributed by atoms with Gasteiger partial charge < -0.3 is 9.64 Å². The van der Waals surface area contributed by atoms with Crippen LogP contribution >= 0.6 is 0 Å². The van der Waals surface area contributed by atoms with Crippen molar-refractivity contribution in [1.29, 1.82) is 0 Å². The Morgan fingerprint density at radius 2 is 2.00 bits per heavy atom. The summed E-state index contributed by atoms with van der Waals surface area (Å²) < 4.78 is 5.02. The van der Waals surface area contributed by atoms with Crippen LogP contribution in [-0.4, -0.2) is 38.1 Å². The van der Waals surface area contributed by atoms with E-state index in [1.807, 2.05) is 19.0 Å². The second-order valence-corrected chi connectivity index (χ2v) is 3.48. The smallest absolute Gasteiger partial charge is 0.305 e. The third-order valence-corrected chi connectivity index (χ3v) is 1.79. The molecule has 0 heterocycles. The molecule has 0 unspecified atom stereocenters. The molecule has 0 aromatic rings. The summed E-state index contributed by atoms with van der Waals surface area (Å²) in [7, 11) is 3.93. The number of hydrogen-bond acceptors (Lipinski definition) is 3. The number of hydrogen-bond donors (Lipinski definition) is 0. The van der Waals surface area contributed by atoms with Gasteiger partial charge in [-0.3, -0.25) is 4.79 Å². The van der Waals surface area contributed by atoms with Gasteiger partial charge in [0.15, 0.2) is 0 Å². The quantitative estimate of drug-likeness (QED) is 0.448. The van der Waals surface area contributed by atoms with Crippen LogP contribution < -0.4 is 0 Å². The summed E-state index contributed by atoms with van der Waals surface area (Å²) in [6, 6.07) is 0. The third-order valence-electron chi connectivity index (χ3n) is 1.79. The zero-order valence-electron chi connectivity index (χ0n) is 9.01. The van der Waals surface area contributed by atoms with Crippen molar-refractivity contribution < 1.29 is 9.53 Å². The highest BCUT2D eigenvalue weighted by Gasteiger charge is 2.01. The fraction of sp³-hybridized carbons (Fsp3) is 0.900. The van der Waals surface area contributed by atoms with Gasteiger partial charge in [-0.15, -0.1) is 0 Å². The van der Waals surface area contributed by atoms with Crippen LogP contribution in [0.4, 0.5) is 0 Å². The summed E-state index contributed by atoms with van der Waals surface area (Å²) in [6.07, 6.45) is 3.78. The highest BCUT2D eigenvalue weighted by molar-refractivity contribution is 5.69. The fourth-order valence-electron chi connectivity index (χ4n) is 0.934. The van der Waals surface area contributed by atoms with Crippen molar-refractivity contribution >= 4 is 5.97 Å². The fourth-order valence-corrected chi connectivity index (χ4v) is 0.934. The largest absolute Gasteiger partial charge is 0.464 e. The molecule has 3 heteroatoms. The molecule has 0 aromatic heterocycles. The predicted molar refractivity (Wildman–Crippen MR) is 53.7 cm³/mol. The first kappa shape index (κ1) is 12.4. The molecule has 0 atom stereocenters. The molecule has 0 aliphatic heterocycles. The van der Waals surface area contributed by atoms with Crippen molar-refractivity contribution in [2.45, 2.75) is 32.6 Å². The Morgan fingerprint density at radius 1 is 1.31 bits per heavy atom. The first-order chi connectivity index (χ1) is 6.16. The Balaban J connectivity index is 3.20. The number of carbonyl (C=O) groups is 1. The van der Waals surface area contributed by atoms with Crippen LogP contribution in [0.1, 0.15) is 32.6 Å². The highest BCUT2D eigenvalue weighted by Crippen LogP contribution is 2.00. The Hall–Kier alpha value is -0.570. The number of likely N-dealkylation sites (N-methyl/N-ethyl adjacent to an activating group) is 1. The molecule has 0 aliphatic carbocycles. The molecule has 0 saturated carbocycles. The summed E-state index contributed by atoms with van der Waals surface area (Å²) in [5, 5.41) is 0. The molecule has 0 spiro atoms. The molecule has 0 aliphatic rings. The average molecular weight is 187 g/mol. The van der Waals surface area contributed by atoms with E-state index in [0.717, 1.165) is 25.8 Å². The van der Waals surface area contributed by atoms with Gasteiger partial charge >= 0.3 is 5.97 Å². The minimum Gasteiger partial charge on any atom is -0.464 e. The van der Waals surface area contributed by atoms with Crippen LogP contribution in [0.25, 0.3) is 0 Å². The molecule has 0 bridgehead atoms. The molecule has 0 saturated heterocycles. The maximum atomic E-state index is 11.1. The van der Waals surface area contributed by atoms with E-state index in [1.54, 1.807) is 0 Å². The van der Waals surface area contributed by atoms with E-state index >= 15 is 0 Å². The zero-order valence-corrected chi connectivity index (χ0v) is 9.01. The van der Waals surface area contributed by atoms with Crippen LogP contribution in [0.3, 0.4) is 0 Å². The normalized spacial score (nSPS) is 10.5. The van der Waals surface area contributed by atoms with Gasteiger partial charge in [-0.1, -0.05) is 19.8 Å². The average Bonchev–Trinajstić information content (AvgIpc) is 2.04. The number of rotatable bonds is 7. The lowest BCUT2D eigenvalue weighted by molar-refractivity contribution is -0.144. The monoisotopic (exact) mass is 187 g/mol. The SMILES string of the molecule is CCCCCC(=O)OCCN(C)C. The van der Waals surface area contributed by atoms with E-state index in [-0.39, 0.29) is 5.97 Å². The van der Waals surface area contributed by atoms with Gasteiger partial charge in [0.1, 0.15) is 6.61 Å². The summed E-state index contributed by atoms with van der Waals surface area (Å²) in [6.45, 7) is 3.44. The minimum absolute atomic E-state index is 0.0599. The van der Waals surface area contributed by atoms with Crippen molar-refractivity contribution in [1.82, 2.24) is 4.90 Å². The second kappa shape index (κ2) is 8.05. The molecule has 0 amide bonds. The molecular formula is C10H21NO2. The first-order valence-electron chi connectivity index (χ1n) is 4.97. The van der Waals surface area contributed by atoms with Gasteiger partial charge in [0, 0.05) is 13.0 Å². The van der Waals surface area contributed by atoms with E-state index in [0.29, 0.717) is 13.0 Å². The van der Waals surface area contributed by atoms with Crippen LogP contribution in [0.2, 0.25) is 0 Å². The van der Waals surface area contributed by atoms with Crippen LogP contribution in [0, 0.1) is 0 Å². The van der Waals surface area contributed by atoms with E-state index in [9.17, 15) is 4.79 Å². The molecule has 0 aromatic carbocycles. The highest BCUT2D eigenvalue weighted by atomic mass is 16.5. The summed E-state index contributed by atoms with van der Waals surface area (Å²) >= 11 is 0. The van der Waals surface area contributed by atoms with E-state index in [4.69, 9.17) is 4.74 Å². The van der Waals surface area contributed by atoms with Crippen molar-refractivity contribution in [2.75, 3.05) is 27.2 Å². The Labute approximate surface area is 81.1 Å². The lowest BCUT2D eigenvalue weighted by Gasteiger charge is -2.09. The summed E-state index contributed by atoms with van der Waals surface area (Å²) in [5.74, 6) is -0.0599. The Kier molecular flexibility index (Phi) is 7.69. The molecule has 0 fully saturated rings. The van der Waals surface area contributed by atoms with E-state index in [1.165, 1.54) is 0 Å². The number of ether oxygens (including phenoxy) is 1. The number of nitrogens with zero attached hydrogens (tertiary/aromatic N) is 1. The zero-order chi connectivity index (χ0) is 10.1. The van der Waals surface area contributed by atoms with Gasteiger partial charge in [-0.25, -0.2) is 0 Å². The van der Waals surface area contributed by atoms with Crippen molar-refractivity contribution in [3.05, 3.63) is 0 Å². The predicted octanol–water partition coefficient (Wildman–Crippen LogP) is 1.67. The molecular weight excluding hydrogens is 166 g/mol. The molecule has 78 valence electrons. The number of carbonyl (C=O) groups excluding carboxylic acids is 1. The molecule has 0 N–H and O–H groups in total. The molecule has 3 nitrogen and oxygen atoms in total. The Morgan fingerprint density at radius 3 is 2.54 bits per heavy atom. The summed E-state index contributed by atoms with van der Waals surface area (Å²) in [5.41, 5.74) is 0. The summed E-state index contributed by atoms with van der Waals surface area (Å²) in [4.78, 5) is 13.1. The van der Waals surface area contributed by atoms with Crippen LogP contribution in [0.15, 0.2) is 0 Å². The standard InChI is InChI=1S/C10H21NO2/c1-4-5-6-7-10(12)13-9-8-11(2)3/h4-9H2,1-3H3. The van der Waals surface area contributed by atoms with Gasteiger partial charge in [0.25, 0.3) is 0 Å². The van der Waals surface area contributed by atoms with Gasteiger partial charge in [0.05, 0.1) is 0 Å². The maximum absolute atomic E-state index is 11.1. The van der Waals surface area contributed by atoms with Crippen molar-refractivity contribution in [3.63, 3.8) is 0 Å². The van der Waals surface area contributed by atoms with Gasteiger partial charge in [0.2, 0.25) is 0 Å². The molecule has 13 heavy (non-hydrogen) atoms. The van der Waals surface area contributed by atoms with E-state index in [2.05, 4.69) is 6.92 Å². The van der Waals surface area contributed by atoms with Gasteiger partial charge in [-0.05, 0) is 20.5 Å². The van der Waals surface area contributed by atoms with Crippen LogP contribution in [0.5, 0.6) is 0 Å². The maximum Gasteiger partial charge on any atom is 0.305 e. The Bertz CT molecular complexity index is 135. The first-order valence-corrected chi connectivity index (χ1v) is 4.97.